The fourth-order valence-electron chi connectivity index (χ4n) is 1.86. The van der Waals surface area contributed by atoms with E-state index in [9.17, 15) is 13.2 Å². The van der Waals surface area contributed by atoms with Crippen LogP contribution >= 0.6 is 0 Å². The number of carboxylic acid groups (broad SMARTS) is 1. The van der Waals surface area contributed by atoms with Gasteiger partial charge in [-0.2, -0.15) is 0 Å². The van der Waals surface area contributed by atoms with Crippen molar-refractivity contribution in [3.05, 3.63) is 41.6 Å². The minimum atomic E-state index is -4.06. The fraction of sp³-hybridized carbons (Fsp3) is 0.167. The largest absolute Gasteiger partial charge is 0.478 e. The molecule has 2 aromatic heterocycles. The fourth-order valence-corrected chi connectivity index (χ4v) is 3.32. The number of pyridine rings is 1. The van der Waals surface area contributed by atoms with E-state index < -0.39 is 16.0 Å². The smallest absolute Gasteiger partial charge is 0.340 e. The predicted octanol–water partition coefficient (Wildman–Crippen LogP) is 1.79. The van der Waals surface area contributed by atoms with E-state index in [4.69, 9.17) is 9.52 Å². The van der Waals surface area contributed by atoms with E-state index in [-0.39, 0.29) is 27.7 Å². The average molecular weight is 296 g/mol. The highest BCUT2D eigenvalue weighted by atomic mass is 32.2. The van der Waals surface area contributed by atoms with Crippen LogP contribution in [0.4, 0.5) is 5.69 Å². The Labute approximate surface area is 115 Å². The highest BCUT2D eigenvalue weighted by Gasteiger charge is 2.30. The normalized spacial score (nSPS) is 11.3. The number of nitrogens with zero attached hydrogens (tertiary/aromatic N) is 1. The van der Waals surface area contributed by atoms with Crippen LogP contribution in [0.1, 0.15) is 21.9 Å². The van der Waals surface area contributed by atoms with Crippen molar-refractivity contribution >= 4 is 21.7 Å². The van der Waals surface area contributed by atoms with Gasteiger partial charge in [0.2, 0.25) is 0 Å². The quantitative estimate of drug-likeness (QED) is 0.890. The minimum Gasteiger partial charge on any atom is -0.478 e. The van der Waals surface area contributed by atoms with Crippen molar-refractivity contribution in [3.63, 3.8) is 0 Å². The molecule has 20 heavy (non-hydrogen) atoms. The van der Waals surface area contributed by atoms with Gasteiger partial charge in [-0.05, 0) is 26.0 Å². The Morgan fingerprint density at radius 2 is 2.05 bits per heavy atom. The van der Waals surface area contributed by atoms with E-state index in [1.807, 2.05) is 0 Å². The molecule has 0 unspecified atom stereocenters. The van der Waals surface area contributed by atoms with Crippen LogP contribution in [-0.4, -0.2) is 24.5 Å². The maximum Gasteiger partial charge on any atom is 0.340 e. The van der Waals surface area contributed by atoms with E-state index >= 15 is 0 Å². The Morgan fingerprint density at radius 1 is 1.35 bits per heavy atom. The summed E-state index contributed by atoms with van der Waals surface area (Å²) in [5.74, 6) is -1.29. The van der Waals surface area contributed by atoms with Crippen molar-refractivity contribution in [2.24, 2.45) is 0 Å². The zero-order valence-electron chi connectivity index (χ0n) is 10.7. The first-order valence-corrected chi connectivity index (χ1v) is 7.07. The van der Waals surface area contributed by atoms with Gasteiger partial charge >= 0.3 is 5.97 Å². The monoisotopic (exact) mass is 296 g/mol. The molecule has 2 heterocycles. The van der Waals surface area contributed by atoms with Crippen LogP contribution < -0.4 is 4.72 Å². The van der Waals surface area contributed by atoms with E-state index in [1.54, 1.807) is 6.07 Å². The molecule has 0 saturated carbocycles. The first-order chi connectivity index (χ1) is 9.33. The number of furan rings is 1. The third-order valence-electron chi connectivity index (χ3n) is 2.60. The molecule has 7 nitrogen and oxygen atoms in total. The summed E-state index contributed by atoms with van der Waals surface area (Å²) in [6, 6.07) is 3.07. The van der Waals surface area contributed by atoms with Gasteiger partial charge in [-0.3, -0.25) is 9.71 Å². The topological polar surface area (TPSA) is 110 Å². The van der Waals surface area contributed by atoms with Crippen LogP contribution in [-0.2, 0) is 10.0 Å². The molecule has 0 saturated heterocycles. The number of aromatic nitrogens is 1. The number of aryl methyl sites for hydroxylation is 2. The number of hydrogen-bond acceptors (Lipinski definition) is 5. The molecule has 0 spiro atoms. The Kier molecular flexibility index (Phi) is 3.49. The van der Waals surface area contributed by atoms with E-state index in [0.29, 0.717) is 0 Å². The molecule has 2 rings (SSSR count). The highest BCUT2D eigenvalue weighted by molar-refractivity contribution is 7.92. The van der Waals surface area contributed by atoms with Crippen molar-refractivity contribution in [1.29, 1.82) is 0 Å². The summed E-state index contributed by atoms with van der Waals surface area (Å²) in [5.41, 5.74) is -0.124. The zero-order chi connectivity index (χ0) is 14.9. The summed E-state index contributed by atoms with van der Waals surface area (Å²) in [4.78, 5) is 14.6. The molecule has 0 fully saturated rings. The van der Waals surface area contributed by atoms with Crippen LogP contribution in [0.3, 0.4) is 0 Å². The average Bonchev–Trinajstić information content (AvgIpc) is 2.65. The first-order valence-electron chi connectivity index (χ1n) is 5.59. The van der Waals surface area contributed by atoms with Crippen LogP contribution in [0.5, 0.6) is 0 Å². The molecule has 0 amide bonds. The van der Waals surface area contributed by atoms with Crippen molar-refractivity contribution in [2.45, 2.75) is 18.7 Å². The number of nitrogens with one attached hydrogen (secondary N) is 1. The minimum absolute atomic E-state index is 0.0243. The van der Waals surface area contributed by atoms with Gasteiger partial charge in [0.05, 0.1) is 11.9 Å². The molecular formula is C12H12N2O5S. The highest BCUT2D eigenvalue weighted by Crippen LogP contribution is 2.28. The van der Waals surface area contributed by atoms with Crippen LogP contribution in [0.2, 0.25) is 0 Å². The van der Waals surface area contributed by atoms with E-state index in [0.717, 1.165) is 0 Å². The lowest BCUT2D eigenvalue weighted by Gasteiger charge is -2.07. The summed E-state index contributed by atoms with van der Waals surface area (Å²) in [7, 11) is -4.06. The van der Waals surface area contributed by atoms with Crippen molar-refractivity contribution in [1.82, 2.24) is 4.98 Å². The molecule has 0 radical (unpaired) electrons. The number of aromatic carboxylic acids is 1. The summed E-state index contributed by atoms with van der Waals surface area (Å²) in [5, 5.41) is 9.12. The molecule has 106 valence electrons. The maximum absolute atomic E-state index is 12.3. The second kappa shape index (κ2) is 4.97. The Balaban J connectivity index is 2.53. The third kappa shape index (κ3) is 2.50. The molecule has 0 aliphatic carbocycles. The lowest BCUT2D eigenvalue weighted by atomic mass is 10.2. The van der Waals surface area contributed by atoms with Gasteiger partial charge in [0, 0.05) is 6.20 Å². The van der Waals surface area contributed by atoms with Gasteiger partial charge in [-0.25, -0.2) is 13.2 Å². The molecule has 0 aliphatic heterocycles. The third-order valence-corrected chi connectivity index (χ3v) is 4.13. The second-order valence-corrected chi connectivity index (χ2v) is 5.69. The molecule has 0 atom stereocenters. The van der Waals surface area contributed by atoms with Crippen molar-refractivity contribution in [3.8, 4) is 0 Å². The molecular weight excluding hydrogens is 284 g/mol. The summed E-state index contributed by atoms with van der Waals surface area (Å²) < 4.78 is 32.0. The van der Waals surface area contributed by atoms with Gasteiger partial charge in [-0.1, -0.05) is 0 Å². The maximum atomic E-state index is 12.3. The number of sulfonamides is 1. The lowest BCUT2D eigenvalue weighted by Crippen LogP contribution is -2.17. The predicted molar refractivity (Wildman–Crippen MR) is 70.2 cm³/mol. The van der Waals surface area contributed by atoms with E-state index in [1.165, 1.54) is 32.3 Å². The second-order valence-electron chi connectivity index (χ2n) is 4.07. The zero-order valence-corrected chi connectivity index (χ0v) is 11.6. The standard InChI is InChI=1S/C12H12N2O5S/c1-7-10(12(15)16)11(8(2)19-7)20(17,18)14-9-4-3-5-13-6-9/h3-6,14H,1-2H3,(H,15,16). The van der Waals surface area contributed by atoms with Crippen molar-refractivity contribution < 1.29 is 22.7 Å². The number of carbonyl (C=O) groups is 1. The number of rotatable bonds is 4. The SMILES string of the molecule is Cc1oc(C)c(S(=O)(=O)Nc2cccnc2)c1C(=O)O. The number of carboxylic acids is 1. The summed E-state index contributed by atoms with van der Waals surface area (Å²) >= 11 is 0. The van der Waals surface area contributed by atoms with Crippen LogP contribution in [0.15, 0.2) is 33.8 Å². The number of hydrogen-bond donors (Lipinski definition) is 2. The Hall–Kier alpha value is -2.35. The van der Waals surface area contributed by atoms with Gasteiger partial charge in [0.15, 0.2) is 0 Å². The summed E-state index contributed by atoms with van der Waals surface area (Å²) in [6.07, 6.45) is 2.81. The van der Waals surface area contributed by atoms with Crippen molar-refractivity contribution in [2.75, 3.05) is 4.72 Å². The lowest BCUT2D eigenvalue weighted by molar-refractivity contribution is 0.0691. The van der Waals surface area contributed by atoms with Gasteiger partial charge < -0.3 is 9.52 Å². The molecule has 0 aliphatic rings. The molecule has 0 aromatic carbocycles. The van der Waals surface area contributed by atoms with Gasteiger partial charge in [0.25, 0.3) is 10.0 Å². The molecule has 8 heteroatoms. The van der Waals surface area contributed by atoms with Crippen LogP contribution in [0, 0.1) is 13.8 Å². The van der Waals surface area contributed by atoms with Gasteiger partial charge in [-0.15, -0.1) is 0 Å². The molecule has 2 aromatic rings. The Morgan fingerprint density at radius 3 is 2.60 bits per heavy atom. The van der Waals surface area contributed by atoms with Crippen LogP contribution in [0.25, 0.3) is 0 Å². The van der Waals surface area contributed by atoms with Gasteiger partial charge in [0.1, 0.15) is 22.0 Å². The molecule has 0 bridgehead atoms. The number of anilines is 1. The first kappa shape index (κ1) is 14.1. The van der Waals surface area contributed by atoms with E-state index in [2.05, 4.69) is 9.71 Å². The Bertz CT molecular complexity index is 750. The molecule has 2 N–H and O–H groups in total. The summed E-state index contributed by atoms with van der Waals surface area (Å²) in [6.45, 7) is 2.80.